The van der Waals surface area contributed by atoms with Crippen molar-refractivity contribution < 1.29 is 4.79 Å². The maximum absolute atomic E-state index is 12.1. The smallest absolute Gasteiger partial charge is 0.238 e. The third-order valence-corrected chi connectivity index (χ3v) is 3.93. The van der Waals surface area contributed by atoms with Crippen LogP contribution in [0.3, 0.4) is 0 Å². The molecule has 0 spiro atoms. The minimum atomic E-state index is -0.0946. The van der Waals surface area contributed by atoms with Gasteiger partial charge in [-0.1, -0.05) is 36.0 Å². The molecule has 2 rings (SSSR count). The molecule has 0 atom stereocenters. The molecule has 0 unspecified atom stereocenters. The molecule has 1 aromatic rings. The predicted molar refractivity (Wildman–Crippen MR) is 84.4 cm³/mol. The van der Waals surface area contributed by atoms with Gasteiger partial charge >= 0.3 is 0 Å². The van der Waals surface area contributed by atoms with E-state index >= 15 is 0 Å². The topological polar surface area (TPSA) is 58.4 Å². The molecule has 0 radical (unpaired) electrons. The van der Waals surface area contributed by atoms with Gasteiger partial charge in [0.25, 0.3) is 0 Å². The number of nitrogens with one attached hydrogen (secondary N) is 1. The molecule has 1 heterocycles. The minimum Gasteiger partial charge on any atom is -0.397 e. The molecule has 1 aliphatic rings. The van der Waals surface area contributed by atoms with E-state index in [0.717, 1.165) is 25.9 Å². The van der Waals surface area contributed by atoms with Crippen molar-refractivity contribution in [2.45, 2.75) is 25.7 Å². The molecule has 1 aliphatic heterocycles. The Balaban J connectivity index is 1.97. The normalized spacial score (nSPS) is 16.7. The van der Waals surface area contributed by atoms with E-state index in [0.29, 0.717) is 28.0 Å². The van der Waals surface area contributed by atoms with E-state index in [1.54, 1.807) is 12.1 Å². The first-order chi connectivity index (χ1) is 9.56. The van der Waals surface area contributed by atoms with Gasteiger partial charge in [-0.25, -0.2) is 0 Å². The number of carbonyl (C=O) groups excluding carboxylic acids is 1. The van der Waals surface area contributed by atoms with Gasteiger partial charge in [-0.2, -0.15) is 0 Å². The third-order valence-electron chi connectivity index (χ3n) is 3.42. The summed E-state index contributed by atoms with van der Waals surface area (Å²) in [5, 5.41) is 3.59. The number of benzene rings is 1. The number of rotatable bonds is 3. The molecule has 1 aromatic carbocycles. The van der Waals surface area contributed by atoms with Crippen LogP contribution < -0.4 is 11.1 Å². The number of halogens is 2. The highest BCUT2D eigenvalue weighted by Gasteiger charge is 2.15. The van der Waals surface area contributed by atoms with Gasteiger partial charge in [-0.05, 0) is 38.1 Å². The Morgan fingerprint density at radius 1 is 1.20 bits per heavy atom. The van der Waals surface area contributed by atoms with Crippen LogP contribution in [0.4, 0.5) is 11.4 Å². The number of carbonyl (C=O) groups is 1. The summed E-state index contributed by atoms with van der Waals surface area (Å²) in [6, 6.07) is 3.15. The van der Waals surface area contributed by atoms with Gasteiger partial charge in [-0.15, -0.1) is 0 Å². The first kappa shape index (κ1) is 15.4. The van der Waals surface area contributed by atoms with Gasteiger partial charge in [0.05, 0.1) is 22.9 Å². The van der Waals surface area contributed by atoms with E-state index in [1.807, 2.05) is 0 Å². The number of hydrogen-bond donors (Lipinski definition) is 2. The number of nitrogens with two attached hydrogens (primary N) is 1. The summed E-state index contributed by atoms with van der Waals surface area (Å²) in [7, 11) is 0. The van der Waals surface area contributed by atoms with Gasteiger partial charge in [-0.3, -0.25) is 9.69 Å². The van der Waals surface area contributed by atoms with Crippen LogP contribution in [0.25, 0.3) is 0 Å². The third kappa shape index (κ3) is 4.27. The molecule has 0 bridgehead atoms. The summed E-state index contributed by atoms with van der Waals surface area (Å²) < 4.78 is 0. The lowest BCUT2D eigenvalue weighted by atomic mass is 10.2. The van der Waals surface area contributed by atoms with Crippen molar-refractivity contribution in [2.75, 3.05) is 30.7 Å². The second-order valence-electron chi connectivity index (χ2n) is 5.09. The summed E-state index contributed by atoms with van der Waals surface area (Å²) in [5.41, 5.74) is 6.65. The molecular weight excluding hydrogens is 297 g/mol. The maximum Gasteiger partial charge on any atom is 0.238 e. The Morgan fingerprint density at radius 2 is 1.85 bits per heavy atom. The van der Waals surface area contributed by atoms with E-state index in [2.05, 4.69) is 10.2 Å². The summed E-state index contributed by atoms with van der Waals surface area (Å²) in [6.07, 6.45) is 4.79. The van der Waals surface area contributed by atoms with E-state index < -0.39 is 0 Å². The lowest BCUT2D eigenvalue weighted by Gasteiger charge is -2.19. The maximum atomic E-state index is 12.1. The molecule has 110 valence electrons. The van der Waals surface area contributed by atoms with Gasteiger partial charge in [0.15, 0.2) is 0 Å². The van der Waals surface area contributed by atoms with Crippen LogP contribution in [0.15, 0.2) is 12.1 Å². The number of likely N-dealkylation sites (tertiary alicyclic amines) is 1. The highest BCUT2D eigenvalue weighted by molar-refractivity contribution is 6.37. The summed E-state index contributed by atoms with van der Waals surface area (Å²) in [4.78, 5) is 14.3. The van der Waals surface area contributed by atoms with Crippen LogP contribution in [0.5, 0.6) is 0 Å². The fourth-order valence-corrected chi connectivity index (χ4v) is 2.96. The molecule has 3 N–H and O–H groups in total. The summed E-state index contributed by atoms with van der Waals surface area (Å²) >= 11 is 11.9. The number of hydrogen-bond acceptors (Lipinski definition) is 3. The molecule has 4 nitrogen and oxygen atoms in total. The van der Waals surface area contributed by atoms with Crippen LogP contribution in [-0.4, -0.2) is 30.4 Å². The van der Waals surface area contributed by atoms with E-state index in [9.17, 15) is 4.79 Å². The predicted octanol–water partition coefficient (Wildman–Crippen LogP) is 3.39. The fourth-order valence-electron chi connectivity index (χ4n) is 2.40. The van der Waals surface area contributed by atoms with Crippen molar-refractivity contribution in [1.29, 1.82) is 0 Å². The zero-order valence-electron chi connectivity index (χ0n) is 11.3. The van der Waals surface area contributed by atoms with E-state index in [1.165, 1.54) is 12.8 Å². The lowest BCUT2D eigenvalue weighted by molar-refractivity contribution is -0.117. The van der Waals surface area contributed by atoms with E-state index in [-0.39, 0.29) is 5.91 Å². The number of nitrogens with zero attached hydrogens (tertiary/aromatic N) is 1. The monoisotopic (exact) mass is 315 g/mol. The van der Waals surface area contributed by atoms with Crippen molar-refractivity contribution in [1.82, 2.24) is 4.90 Å². The van der Waals surface area contributed by atoms with Crippen LogP contribution in [0, 0.1) is 0 Å². The lowest BCUT2D eigenvalue weighted by Crippen LogP contribution is -2.34. The Bertz CT molecular complexity index is 462. The first-order valence-corrected chi connectivity index (χ1v) is 7.58. The highest BCUT2D eigenvalue weighted by Crippen LogP contribution is 2.31. The molecule has 6 heteroatoms. The first-order valence-electron chi connectivity index (χ1n) is 6.83. The Kier molecular flexibility index (Phi) is 5.52. The fraction of sp³-hybridized carbons (Fsp3) is 0.500. The number of anilines is 2. The summed E-state index contributed by atoms with van der Waals surface area (Å²) in [5.74, 6) is -0.0946. The zero-order valence-corrected chi connectivity index (χ0v) is 12.8. The molecule has 1 fully saturated rings. The van der Waals surface area contributed by atoms with Crippen LogP contribution >= 0.6 is 23.2 Å². The number of amides is 1. The Labute approximate surface area is 129 Å². The van der Waals surface area contributed by atoms with Gasteiger partial charge in [0.1, 0.15) is 0 Å². The van der Waals surface area contributed by atoms with Gasteiger partial charge in [0, 0.05) is 5.02 Å². The van der Waals surface area contributed by atoms with Crippen LogP contribution in [-0.2, 0) is 4.79 Å². The van der Waals surface area contributed by atoms with Crippen LogP contribution in [0.1, 0.15) is 25.7 Å². The van der Waals surface area contributed by atoms with Gasteiger partial charge in [0.2, 0.25) is 5.91 Å². The van der Waals surface area contributed by atoms with E-state index in [4.69, 9.17) is 28.9 Å². The standard InChI is InChI=1S/C14H19Cl2N3O/c15-10-7-11(16)14(12(17)8-10)18-13(20)9-19-5-3-1-2-4-6-19/h7-8H,1-6,9,17H2,(H,18,20). The second kappa shape index (κ2) is 7.16. The zero-order chi connectivity index (χ0) is 14.5. The number of nitrogen functional groups attached to an aromatic ring is 1. The van der Waals surface area contributed by atoms with Crippen LogP contribution in [0.2, 0.25) is 10.0 Å². The van der Waals surface area contributed by atoms with Crippen molar-refractivity contribution in [3.63, 3.8) is 0 Å². The average Bonchev–Trinajstić information content (AvgIpc) is 2.62. The SMILES string of the molecule is Nc1cc(Cl)cc(Cl)c1NC(=O)CN1CCCCCC1. The molecule has 0 saturated carbocycles. The Morgan fingerprint density at radius 3 is 2.45 bits per heavy atom. The van der Waals surface area contributed by atoms with Crippen molar-refractivity contribution in [3.05, 3.63) is 22.2 Å². The van der Waals surface area contributed by atoms with Crippen molar-refractivity contribution in [3.8, 4) is 0 Å². The summed E-state index contributed by atoms with van der Waals surface area (Å²) in [6.45, 7) is 2.31. The second-order valence-corrected chi connectivity index (χ2v) is 5.93. The largest absolute Gasteiger partial charge is 0.397 e. The molecular formula is C14H19Cl2N3O. The average molecular weight is 316 g/mol. The quantitative estimate of drug-likeness (QED) is 0.840. The van der Waals surface area contributed by atoms with Gasteiger partial charge < -0.3 is 11.1 Å². The van der Waals surface area contributed by atoms with Crippen molar-refractivity contribution in [2.24, 2.45) is 0 Å². The minimum absolute atomic E-state index is 0.0946. The highest BCUT2D eigenvalue weighted by atomic mass is 35.5. The van der Waals surface area contributed by atoms with Crippen molar-refractivity contribution >= 4 is 40.5 Å². The molecule has 1 amide bonds. The Hall–Kier alpha value is -0.970. The molecule has 20 heavy (non-hydrogen) atoms. The molecule has 1 saturated heterocycles. The molecule has 0 aromatic heterocycles. The molecule has 0 aliphatic carbocycles.